The average molecular weight is 411 g/mol. The highest BCUT2D eigenvalue weighted by Crippen LogP contribution is 2.25. The van der Waals surface area contributed by atoms with E-state index in [2.05, 4.69) is 10.6 Å². The molecule has 0 aromatic heterocycles. The molecule has 1 aliphatic heterocycles. The molecule has 0 spiro atoms. The summed E-state index contributed by atoms with van der Waals surface area (Å²) in [6.45, 7) is 2.72. The molecular weight excluding hydrogens is 372 g/mol. The lowest BCUT2D eigenvalue weighted by molar-refractivity contribution is 0.0944. The van der Waals surface area contributed by atoms with Gasteiger partial charge in [0, 0.05) is 6.54 Å². The van der Waals surface area contributed by atoms with Gasteiger partial charge in [0.1, 0.15) is 11.9 Å². The van der Waals surface area contributed by atoms with Gasteiger partial charge >= 0.3 is 0 Å². The topological polar surface area (TPSA) is 50.4 Å². The molecule has 1 aromatic rings. The third-order valence-corrected chi connectivity index (χ3v) is 5.86. The van der Waals surface area contributed by atoms with Crippen molar-refractivity contribution in [3.63, 3.8) is 0 Å². The van der Waals surface area contributed by atoms with E-state index in [1.54, 1.807) is 12.1 Å². The zero-order chi connectivity index (χ0) is 18.2. The highest BCUT2D eigenvalue weighted by atomic mass is 35.5. The van der Waals surface area contributed by atoms with E-state index in [0.717, 1.165) is 38.2 Å². The summed E-state index contributed by atoms with van der Waals surface area (Å²) in [5.41, 5.74) is 0.537. The van der Waals surface area contributed by atoms with Crippen molar-refractivity contribution in [3.05, 3.63) is 28.8 Å². The van der Waals surface area contributed by atoms with Crippen molar-refractivity contribution < 1.29 is 9.53 Å². The number of hydrogen-bond donors (Lipinski definition) is 2. The standard InChI is InChI=1S/C21H31ClN2O2.2CH4/c22-20-14-18(26-17-10-12-23-13-11-17)8-9-19(20)21(25)24-15-16-6-4-2-1-3-5-7-16;;/h8-9,14,16-17,23H,1-7,10-13,15H2,(H,24,25);2*1H4. The molecule has 1 heterocycles. The van der Waals surface area contributed by atoms with Gasteiger partial charge in [-0.1, -0.05) is 58.6 Å². The van der Waals surface area contributed by atoms with Gasteiger partial charge < -0.3 is 15.4 Å². The minimum atomic E-state index is -0.0783. The number of piperidine rings is 1. The molecule has 2 aliphatic rings. The second-order valence-electron chi connectivity index (χ2n) is 7.63. The molecule has 3 rings (SSSR count). The fourth-order valence-electron chi connectivity index (χ4n) is 3.94. The first-order valence-electron chi connectivity index (χ1n) is 10.2. The third kappa shape index (κ3) is 7.63. The van der Waals surface area contributed by atoms with Gasteiger partial charge in [0.05, 0.1) is 10.6 Å². The molecule has 1 aromatic carbocycles. The Morgan fingerprint density at radius 2 is 1.68 bits per heavy atom. The summed E-state index contributed by atoms with van der Waals surface area (Å²) in [4.78, 5) is 12.5. The molecule has 0 bridgehead atoms. The SMILES string of the molecule is C.C.O=C(NCC1CCCCCCC1)c1ccc(OC2CCNCC2)cc1Cl. The quantitative estimate of drug-likeness (QED) is 0.641. The van der Waals surface area contributed by atoms with E-state index >= 15 is 0 Å². The number of rotatable bonds is 5. The van der Waals surface area contributed by atoms with Crippen LogP contribution in [0.2, 0.25) is 5.02 Å². The van der Waals surface area contributed by atoms with Crippen molar-refractivity contribution in [3.8, 4) is 5.75 Å². The highest BCUT2D eigenvalue weighted by Gasteiger charge is 2.18. The Kier molecular flexibility index (Phi) is 11.6. The molecule has 28 heavy (non-hydrogen) atoms. The number of hydrogen-bond acceptors (Lipinski definition) is 3. The molecule has 4 nitrogen and oxygen atoms in total. The first-order valence-corrected chi connectivity index (χ1v) is 10.6. The lowest BCUT2D eigenvalue weighted by atomic mass is 9.91. The van der Waals surface area contributed by atoms with Crippen molar-refractivity contribution in [2.75, 3.05) is 19.6 Å². The molecular formula is C23H39ClN2O2. The van der Waals surface area contributed by atoms with Crippen molar-refractivity contribution >= 4 is 17.5 Å². The maximum absolute atomic E-state index is 12.5. The number of benzene rings is 1. The van der Waals surface area contributed by atoms with Crippen LogP contribution in [-0.4, -0.2) is 31.6 Å². The number of carbonyl (C=O) groups is 1. The Hall–Kier alpha value is -1.26. The largest absolute Gasteiger partial charge is 0.490 e. The molecule has 5 heteroatoms. The van der Waals surface area contributed by atoms with Crippen LogP contribution in [0.3, 0.4) is 0 Å². The summed E-state index contributed by atoms with van der Waals surface area (Å²) in [5, 5.41) is 6.88. The van der Waals surface area contributed by atoms with E-state index in [9.17, 15) is 4.79 Å². The fraction of sp³-hybridized carbons (Fsp3) is 0.696. The van der Waals surface area contributed by atoms with Gasteiger partial charge in [-0.2, -0.15) is 0 Å². The first-order chi connectivity index (χ1) is 12.7. The number of ether oxygens (including phenoxy) is 1. The van der Waals surface area contributed by atoms with Crippen molar-refractivity contribution in [2.24, 2.45) is 5.92 Å². The number of halogens is 1. The maximum atomic E-state index is 12.5. The average Bonchev–Trinajstić information content (AvgIpc) is 2.61. The van der Waals surface area contributed by atoms with Crippen LogP contribution in [0.25, 0.3) is 0 Å². The van der Waals surface area contributed by atoms with Gasteiger partial charge in [-0.3, -0.25) is 4.79 Å². The predicted octanol–water partition coefficient (Wildman–Crippen LogP) is 5.83. The second-order valence-corrected chi connectivity index (χ2v) is 8.04. The Balaban J connectivity index is 0.00000196. The highest BCUT2D eigenvalue weighted by molar-refractivity contribution is 6.34. The van der Waals surface area contributed by atoms with E-state index in [-0.39, 0.29) is 26.9 Å². The van der Waals surface area contributed by atoms with Crippen LogP contribution in [0.5, 0.6) is 5.75 Å². The zero-order valence-corrected chi connectivity index (χ0v) is 16.3. The first kappa shape index (κ1) is 24.8. The van der Waals surface area contributed by atoms with Gasteiger partial charge in [0.2, 0.25) is 0 Å². The van der Waals surface area contributed by atoms with Crippen LogP contribution in [0.1, 0.15) is 83.0 Å². The molecule has 1 amide bonds. The van der Waals surface area contributed by atoms with Crippen molar-refractivity contribution in [1.29, 1.82) is 0 Å². The van der Waals surface area contributed by atoms with Gasteiger partial charge in [-0.25, -0.2) is 0 Å². The van der Waals surface area contributed by atoms with Crippen LogP contribution in [0.4, 0.5) is 0 Å². The molecule has 0 atom stereocenters. The molecule has 2 N–H and O–H groups in total. The minimum Gasteiger partial charge on any atom is -0.490 e. The maximum Gasteiger partial charge on any atom is 0.252 e. The summed E-state index contributed by atoms with van der Waals surface area (Å²) in [7, 11) is 0. The van der Waals surface area contributed by atoms with Crippen LogP contribution < -0.4 is 15.4 Å². The molecule has 2 fully saturated rings. The van der Waals surface area contributed by atoms with Crippen LogP contribution in [-0.2, 0) is 0 Å². The third-order valence-electron chi connectivity index (χ3n) is 5.55. The predicted molar refractivity (Wildman–Crippen MR) is 120 cm³/mol. The second kappa shape index (κ2) is 13.1. The van der Waals surface area contributed by atoms with E-state index < -0.39 is 0 Å². The van der Waals surface area contributed by atoms with E-state index in [0.29, 0.717) is 16.5 Å². The van der Waals surface area contributed by atoms with Crippen molar-refractivity contribution in [1.82, 2.24) is 10.6 Å². The van der Waals surface area contributed by atoms with Gasteiger partial charge in [-0.15, -0.1) is 0 Å². The Bertz CT molecular complexity index is 580. The van der Waals surface area contributed by atoms with E-state index in [1.165, 1.54) is 44.9 Å². The normalized spacial score (nSPS) is 18.8. The monoisotopic (exact) mass is 410 g/mol. The van der Waals surface area contributed by atoms with E-state index in [1.807, 2.05) is 6.07 Å². The number of nitrogens with one attached hydrogen (secondary N) is 2. The molecule has 0 radical (unpaired) electrons. The molecule has 1 saturated heterocycles. The zero-order valence-electron chi connectivity index (χ0n) is 15.6. The van der Waals surface area contributed by atoms with Crippen LogP contribution in [0.15, 0.2) is 18.2 Å². The minimum absolute atomic E-state index is 0. The van der Waals surface area contributed by atoms with Crippen LogP contribution >= 0.6 is 11.6 Å². The molecule has 1 saturated carbocycles. The van der Waals surface area contributed by atoms with E-state index in [4.69, 9.17) is 16.3 Å². The van der Waals surface area contributed by atoms with Gasteiger partial charge in [0.15, 0.2) is 0 Å². The summed E-state index contributed by atoms with van der Waals surface area (Å²) in [6.07, 6.45) is 11.3. The smallest absolute Gasteiger partial charge is 0.252 e. The Labute approximate surface area is 176 Å². The Morgan fingerprint density at radius 3 is 2.32 bits per heavy atom. The summed E-state index contributed by atoms with van der Waals surface area (Å²) in [5.74, 6) is 1.27. The van der Waals surface area contributed by atoms with Crippen LogP contribution in [0, 0.1) is 5.92 Å². The Morgan fingerprint density at radius 1 is 1.04 bits per heavy atom. The van der Waals surface area contributed by atoms with Crippen molar-refractivity contribution in [2.45, 2.75) is 78.7 Å². The summed E-state index contributed by atoms with van der Waals surface area (Å²) < 4.78 is 6.00. The summed E-state index contributed by atoms with van der Waals surface area (Å²) in [6, 6.07) is 5.42. The fourth-order valence-corrected chi connectivity index (χ4v) is 4.19. The molecule has 1 aliphatic carbocycles. The number of amides is 1. The lowest BCUT2D eigenvalue weighted by Crippen LogP contribution is -2.34. The lowest BCUT2D eigenvalue weighted by Gasteiger charge is -2.24. The molecule has 160 valence electrons. The molecule has 0 unspecified atom stereocenters. The van der Waals surface area contributed by atoms with Gasteiger partial charge in [0.25, 0.3) is 5.91 Å². The summed E-state index contributed by atoms with van der Waals surface area (Å²) >= 11 is 6.36. The van der Waals surface area contributed by atoms with Gasteiger partial charge in [-0.05, 0) is 62.9 Å². The number of carbonyl (C=O) groups excluding carboxylic acids is 1.